The highest BCUT2D eigenvalue weighted by atomic mass is 35.5. The van der Waals surface area contributed by atoms with Gasteiger partial charge in [-0.3, -0.25) is 0 Å². The number of imidazole rings is 1. The molecule has 2 heterocycles. The zero-order chi connectivity index (χ0) is 15.0. The second-order valence-corrected chi connectivity index (χ2v) is 5.30. The van der Waals surface area contributed by atoms with Crippen molar-refractivity contribution in [2.45, 2.75) is 6.54 Å². The predicted octanol–water partition coefficient (Wildman–Crippen LogP) is 3.94. The summed E-state index contributed by atoms with van der Waals surface area (Å²) in [4.78, 5) is 7.08. The number of rotatable bonds is 3. The van der Waals surface area contributed by atoms with Gasteiger partial charge in [-0.1, -0.05) is 11.6 Å². The number of pyridine rings is 1. The van der Waals surface area contributed by atoms with Crippen LogP contribution in [0.15, 0.2) is 30.5 Å². The molecular weight excluding hydrogens is 313 g/mol. The highest BCUT2D eigenvalue weighted by molar-refractivity contribution is 7.71. The third-order valence-corrected chi connectivity index (χ3v) is 3.78. The molecule has 3 aromatic rings. The van der Waals surface area contributed by atoms with Gasteiger partial charge < -0.3 is 14.3 Å². The standard InChI is InChI=1S/C14H11ClFN3OS/c1-20-13-4-8(2-3-17-13)7-19-12-6-10(16)9(15)5-11(12)18-14(19)21/h2-6H,7H2,1H3,(H,18,21). The molecule has 0 amide bonds. The van der Waals surface area contributed by atoms with Crippen LogP contribution in [0, 0.1) is 10.6 Å². The quantitative estimate of drug-likeness (QED) is 0.742. The summed E-state index contributed by atoms with van der Waals surface area (Å²) in [5.41, 5.74) is 2.32. The van der Waals surface area contributed by atoms with Crippen molar-refractivity contribution < 1.29 is 9.13 Å². The smallest absolute Gasteiger partial charge is 0.213 e. The Morgan fingerprint density at radius 2 is 2.24 bits per heavy atom. The lowest BCUT2D eigenvalue weighted by Gasteiger charge is -2.06. The molecule has 1 aromatic carbocycles. The Morgan fingerprint density at radius 1 is 1.43 bits per heavy atom. The van der Waals surface area contributed by atoms with Gasteiger partial charge in [0, 0.05) is 18.3 Å². The number of hydrogen-bond acceptors (Lipinski definition) is 3. The van der Waals surface area contributed by atoms with Crippen molar-refractivity contribution in [1.29, 1.82) is 0 Å². The van der Waals surface area contributed by atoms with E-state index in [1.54, 1.807) is 17.9 Å². The molecule has 0 aliphatic carbocycles. The minimum atomic E-state index is -0.473. The van der Waals surface area contributed by atoms with Crippen molar-refractivity contribution in [2.24, 2.45) is 0 Å². The fourth-order valence-electron chi connectivity index (χ4n) is 2.15. The largest absolute Gasteiger partial charge is 0.481 e. The van der Waals surface area contributed by atoms with E-state index in [-0.39, 0.29) is 5.02 Å². The molecule has 0 atom stereocenters. The van der Waals surface area contributed by atoms with Gasteiger partial charge in [-0.25, -0.2) is 9.37 Å². The second kappa shape index (κ2) is 5.46. The van der Waals surface area contributed by atoms with Crippen LogP contribution in [0.5, 0.6) is 5.88 Å². The monoisotopic (exact) mass is 323 g/mol. The van der Waals surface area contributed by atoms with Crippen molar-refractivity contribution in [3.63, 3.8) is 0 Å². The summed E-state index contributed by atoms with van der Waals surface area (Å²) < 4.78 is 21.1. The Labute approximate surface area is 130 Å². The van der Waals surface area contributed by atoms with Gasteiger partial charge in [0.25, 0.3) is 0 Å². The van der Waals surface area contributed by atoms with Crippen LogP contribution >= 0.6 is 23.8 Å². The molecule has 2 aromatic heterocycles. The first-order chi connectivity index (χ1) is 10.1. The van der Waals surface area contributed by atoms with E-state index in [1.165, 1.54) is 12.1 Å². The zero-order valence-corrected chi connectivity index (χ0v) is 12.6. The van der Waals surface area contributed by atoms with Gasteiger partial charge in [-0.2, -0.15) is 0 Å². The number of nitrogens with one attached hydrogen (secondary N) is 1. The predicted molar refractivity (Wildman–Crippen MR) is 82.0 cm³/mol. The molecule has 0 bridgehead atoms. The molecule has 0 radical (unpaired) electrons. The molecule has 7 heteroatoms. The lowest BCUT2D eigenvalue weighted by molar-refractivity contribution is 0.397. The molecular formula is C14H11ClFN3OS. The molecule has 3 rings (SSSR count). The van der Waals surface area contributed by atoms with Crippen LogP contribution in [0.25, 0.3) is 11.0 Å². The minimum Gasteiger partial charge on any atom is -0.481 e. The highest BCUT2D eigenvalue weighted by Gasteiger charge is 2.10. The van der Waals surface area contributed by atoms with E-state index in [2.05, 4.69) is 9.97 Å². The van der Waals surface area contributed by atoms with E-state index in [0.717, 1.165) is 5.56 Å². The van der Waals surface area contributed by atoms with E-state index >= 15 is 0 Å². The van der Waals surface area contributed by atoms with Crippen molar-refractivity contribution in [3.05, 3.63) is 51.6 Å². The van der Waals surface area contributed by atoms with Gasteiger partial charge in [-0.15, -0.1) is 0 Å². The first-order valence-electron chi connectivity index (χ1n) is 6.15. The number of aromatic amines is 1. The van der Waals surface area contributed by atoms with Crippen molar-refractivity contribution >= 4 is 34.9 Å². The summed E-state index contributed by atoms with van der Waals surface area (Å²) in [6, 6.07) is 6.58. The van der Waals surface area contributed by atoms with E-state index in [0.29, 0.717) is 28.2 Å². The summed E-state index contributed by atoms with van der Waals surface area (Å²) in [7, 11) is 1.56. The number of ether oxygens (including phenoxy) is 1. The first kappa shape index (κ1) is 14.0. The molecule has 4 nitrogen and oxygen atoms in total. The van der Waals surface area contributed by atoms with Crippen LogP contribution in [-0.4, -0.2) is 21.6 Å². The summed E-state index contributed by atoms with van der Waals surface area (Å²) in [6.45, 7) is 0.485. The van der Waals surface area contributed by atoms with Crippen LogP contribution in [-0.2, 0) is 6.54 Å². The first-order valence-corrected chi connectivity index (χ1v) is 6.93. The number of nitrogens with zero attached hydrogens (tertiary/aromatic N) is 2. The average Bonchev–Trinajstić information content (AvgIpc) is 2.76. The number of benzene rings is 1. The Balaban J connectivity index is 2.09. The average molecular weight is 324 g/mol. The van der Waals surface area contributed by atoms with Gasteiger partial charge in [0.15, 0.2) is 4.77 Å². The number of aromatic nitrogens is 3. The van der Waals surface area contributed by atoms with Crippen LogP contribution in [0.1, 0.15) is 5.56 Å². The number of H-pyrrole nitrogens is 1. The number of methoxy groups -OCH3 is 1. The molecule has 0 fully saturated rings. The maximum Gasteiger partial charge on any atom is 0.213 e. The molecule has 1 N–H and O–H groups in total. The van der Waals surface area contributed by atoms with Crippen molar-refractivity contribution in [2.75, 3.05) is 7.11 Å². The number of hydrogen-bond donors (Lipinski definition) is 1. The van der Waals surface area contributed by atoms with Crippen molar-refractivity contribution in [1.82, 2.24) is 14.5 Å². The Bertz CT molecular complexity index is 874. The summed E-state index contributed by atoms with van der Waals surface area (Å²) in [5.74, 6) is 0.0484. The van der Waals surface area contributed by atoms with Crippen LogP contribution in [0.4, 0.5) is 4.39 Å². The van der Waals surface area contributed by atoms with Gasteiger partial charge in [0.2, 0.25) is 5.88 Å². The molecule has 21 heavy (non-hydrogen) atoms. The summed E-state index contributed by atoms with van der Waals surface area (Å²) in [6.07, 6.45) is 1.66. The third-order valence-electron chi connectivity index (χ3n) is 3.17. The third kappa shape index (κ3) is 2.64. The summed E-state index contributed by atoms with van der Waals surface area (Å²) >= 11 is 11.1. The van der Waals surface area contributed by atoms with Gasteiger partial charge in [0.05, 0.1) is 29.7 Å². The van der Waals surface area contributed by atoms with E-state index < -0.39 is 5.82 Å². The normalized spacial score (nSPS) is 11.0. The molecule has 0 aliphatic rings. The summed E-state index contributed by atoms with van der Waals surface area (Å²) in [5, 5.41) is 0.0662. The SMILES string of the molecule is COc1cc(Cn2c(=S)[nH]c3cc(Cl)c(F)cc32)ccn1. The van der Waals surface area contributed by atoms with E-state index in [4.69, 9.17) is 28.6 Å². The zero-order valence-electron chi connectivity index (χ0n) is 11.1. The Hall–Kier alpha value is -1.92. The highest BCUT2D eigenvalue weighted by Crippen LogP contribution is 2.23. The maximum absolute atomic E-state index is 13.7. The second-order valence-electron chi connectivity index (χ2n) is 4.51. The maximum atomic E-state index is 13.7. The lowest BCUT2D eigenvalue weighted by Crippen LogP contribution is -2.01. The van der Waals surface area contributed by atoms with Gasteiger partial charge in [-0.05, 0) is 29.9 Å². The van der Waals surface area contributed by atoms with E-state index in [1.807, 2.05) is 12.1 Å². The molecule has 0 unspecified atom stereocenters. The fourth-order valence-corrected chi connectivity index (χ4v) is 2.59. The van der Waals surface area contributed by atoms with Crippen LogP contribution in [0.3, 0.4) is 0 Å². The molecule has 0 aliphatic heterocycles. The number of fused-ring (bicyclic) bond motifs is 1. The topological polar surface area (TPSA) is 42.8 Å². The fraction of sp³-hybridized carbons (Fsp3) is 0.143. The van der Waals surface area contributed by atoms with Crippen molar-refractivity contribution in [3.8, 4) is 5.88 Å². The van der Waals surface area contributed by atoms with Crippen LogP contribution in [0.2, 0.25) is 5.02 Å². The molecule has 0 saturated carbocycles. The lowest BCUT2D eigenvalue weighted by atomic mass is 10.2. The van der Waals surface area contributed by atoms with E-state index in [9.17, 15) is 4.39 Å². The minimum absolute atomic E-state index is 0.0662. The molecule has 108 valence electrons. The van der Waals surface area contributed by atoms with Gasteiger partial charge >= 0.3 is 0 Å². The molecule has 0 spiro atoms. The Kier molecular flexibility index (Phi) is 3.65. The van der Waals surface area contributed by atoms with Gasteiger partial charge in [0.1, 0.15) is 5.82 Å². The molecule has 0 saturated heterocycles. The number of halogens is 2. The Morgan fingerprint density at radius 3 is 3.00 bits per heavy atom. The van der Waals surface area contributed by atoms with Crippen LogP contribution < -0.4 is 4.74 Å².